The van der Waals surface area contributed by atoms with E-state index in [1.807, 2.05) is 0 Å². The van der Waals surface area contributed by atoms with Crippen LogP contribution in [0.15, 0.2) is 0 Å². The molecule has 5 heteroatoms. The van der Waals surface area contributed by atoms with Crippen molar-refractivity contribution < 1.29 is 9.47 Å². The van der Waals surface area contributed by atoms with E-state index < -0.39 is 0 Å². The molecule has 0 spiro atoms. The Morgan fingerprint density at radius 2 is 2.05 bits per heavy atom. The van der Waals surface area contributed by atoms with Gasteiger partial charge in [-0.3, -0.25) is 0 Å². The maximum absolute atomic E-state index is 5.89. The fourth-order valence-corrected chi connectivity index (χ4v) is 3.49. The Labute approximate surface area is 125 Å². The van der Waals surface area contributed by atoms with Gasteiger partial charge < -0.3 is 14.8 Å². The second-order valence-electron chi connectivity index (χ2n) is 6.37. The third kappa shape index (κ3) is 2.37. The number of nitrogens with zero attached hydrogens (tertiary/aromatic N) is 2. The van der Waals surface area contributed by atoms with Crippen molar-refractivity contribution in [3.8, 4) is 0 Å². The lowest BCUT2D eigenvalue weighted by molar-refractivity contribution is -0.100. The van der Waals surface area contributed by atoms with Gasteiger partial charge in [0.1, 0.15) is 5.60 Å². The van der Waals surface area contributed by atoms with Gasteiger partial charge in [-0.15, -0.1) is 0 Å². The summed E-state index contributed by atoms with van der Waals surface area (Å²) in [4.78, 5) is 9.90. The summed E-state index contributed by atoms with van der Waals surface area (Å²) in [5.41, 5.74) is 3.53. The number of rotatable bonds is 3. The summed E-state index contributed by atoms with van der Waals surface area (Å²) in [6.45, 7) is 3.39. The van der Waals surface area contributed by atoms with Crippen molar-refractivity contribution in [2.75, 3.05) is 26.9 Å². The first-order chi connectivity index (χ1) is 10.3. The van der Waals surface area contributed by atoms with Gasteiger partial charge in [0.2, 0.25) is 0 Å². The smallest absolute Gasteiger partial charge is 0.160 e. The highest BCUT2D eigenvalue weighted by atomic mass is 16.5. The molecule has 1 N–H and O–H groups in total. The fourth-order valence-electron chi connectivity index (χ4n) is 3.49. The zero-order valence-corrected chi connectivity index (χ0v) is 12.7. The predicted molar refractivity (Wildman–Crippen MR) is 78.2 cm³/mol. The van der Waals surface area contributed by atoms with E-state index in [-0.39, 0.29) is 5.60 Å². The Morgan fingerprint density at radius 1 is 1.24 bits per heavy atom. The molecule has 1 saturated carbocycles. The normalized spacial score (nSPS) is 24.6. The lowest BCUT2D eigenvalue weighted by Gasteiger charge is -2.35. The van der Waals surface area contributed by atoms with Crippen molar-refractivity contribution in [1.29, 1.82) is 0 Å². The van der Waals surface area contributed by atoms with Crippen molar-refractivity contribution in [1.82, 2.24) is 15.3 Å². The molecule has 0 atom stereocenters. The zero-order valence-electron chi connectivity index (χ0n) is 12.7. The molecule has 0 radical (unpaired) electrons. The molecule has 1 aromatic heterocycles. The van der Waals surface area contributed by atoms with Gasteiger partial charge in [-0.1, -0.05) is 0 Å². The summed E-state index contributed by atoms with van der Waals surface area (Å²) >= 11 is 0. The van der Waals surface area contributed by atoms with Crippen molar-refractivity contribution in [2.45, 2.75) is 50.2 Å². The first kappa shape index (κ1) is 13.6. The van der Waals surface area contributed by atoms with E-state index in [0.29, 0.717) is 5.92 Å². The van der Waals surface area contributed by atoms with Crippen LogP contribution in [-0.2, 0) is 28.0 Å². The van der Waals surface area contributed by atoms with Gasteiger partial charge in [0.15, 0.2) is 5.82 Å². The van der Waals surface area contributed by atoms with Gasteiger partial charge in [0.05, 0.1) is 11.4 Å². The quantitative estimate of drug-likeness (QED) is 0.917. The average molecular weight is 289 g/mol. The highest BCUT2D eigenvalue weighted by molar-refractivity contribution is 5.34. The Hall–Kier alpha value is -1.04. The van der Waals surface area contributed by atoms with E-state index in [0.717, 1.165) is 51.4 Å². The standard InChI is InChI=1S/C16H23N3O2/c1-20-16(5-8-21-9-6-16)15-18-13-4-7-17-10-12(13)14(19-15)11-2-3-11/h11,17H,2-10H2,1H3. The molecule has 4 rings (SSSR count). The Bertz CT molecular complexity index is 537. The first-order valence-electron chi connectivity index (χ1n) is 8.06. The van der Waals surface area contributed by atoms with E-state index in [1.54, 1.807) is 7.11 Å². The highest BCUT2D eigenvalue weighted by Crippen LogP contribution is 2.43. The number of hydrogen-bond donors (Lipinski definition) is 1. The highest BCUT2D eigenvalue weighted by Gasteiger charge is 2.40. The number of aromatic nitrogens is 2. The average Bonchev–Trinajstić information content (AvgIpc) is 3.39. The van der Waals surface area contributed by atoms with Crippen LogP contribution in [0.3, 0.4) is 0 Å². The number of nitrogens with one attached hydrogen (secondary N) is 1. The largest absolute Gasteiger partial charge is 0.381 e. The van der Waals surface area contributed by atoms with Gasteiger partial charge in [0, 0.05) is 64.2 Å². The van der Waals surface area contributed by atoms with Crippen LogP contribution in [0, 0.1) is 0 Å². The Balaban J connectivity index is 1.79. The minimum Gasteiger partial charge on any atom is -0.381 e. The molecule has 1 aliphatic carbocycles. The van der Waals surface area contributed by atoms with Crippen LogP contribution in [0.4, 0.5) is 0 Å². The maximum Gasteiger partial charge on any atom is 0.160 e. The van der Waals surface area contributed by atoms with Crippen molar-refractivity contribution in [2.24, 2.45) is 0 Å². The predicted octanol–water partition coefficient (Wildman–Crippen LogP) is 1.65. The van der Waals surface area contributed by atoms with E-state index in [2.05, 4.69) is 5.32 Å². The number of hydrogen-bond acceptors (Lipinski definition) is 5. The monoisotopic (exact) mass is 289 g/mol. The molecule has 3 heterocycles. The number of fused-ring (bicyclic) bond motifs is 1. The van der Waals surface area contributed by atoms with Gasteiger partial charge in [-0.2, -0.15) is 0 Å². The van der Waals surface area contributed by atoms with E-state index >= 15 is 0 Å². The number of methoxy groups -OCH3 is 1. The van der Waals surface area contributed by atoms with Crippen molar-refractivity contribution >= 4 is 0 Å². The molecule has 114 valence electrons. The van der Waals surface area contributed by atoms with E-state index in [4.69, 9.17) is 19.4 Å². The van der Waals surface area contributed by atoms with Crippen LogP contribution < -0.4 is 5.32 Å². The summed E-state index contributed by atoms with van der Waals surface area (Å²) in [6.07, 6.45) is 5.24. The second kappa shape index (κ2) is 5.30. The Morgan fingerprint density at radius 3 is 2.76 bits per heavy atom. The van der Waals surface area contributed by atoms with Gasteiger partial charge >= 0.3 is 0 Å². The first-order valence-corrected chi connectivity index (χ1v) is 8.06. The van der Waals surface area contributed by atoms with Crippen LogP contribution in [0.1, 0.15) is 54.4 Å². The van der Waals surface area contributed by atoms with E-state index in [1.165, 1.54) is 29.8 Å². The van der Waals surface area contributed by atoms with Gasteiger partial charge in [0.25, 0.3) is 0 Å². The molecular weight excluding hydrogens is 266 g/mol. The molecule has 0 bridgehead atoms. The summed E-state index contributed by atoms with van der Waals surface area (Å²) in [7, 11) is 1.78. The van der Waals surface area contributed by atoms with Crippen LogP contribution in [0.25, 0.3) is 0 Å². The molecule has 2 aliphatic heterocycles. The fraction of sp³-hybridized carbons (Fsp3) is 0.750. The second-order valence-corrected chi connectivity index (χ2v) is 6.37. The molecule has 0 amide bonds. The molecule has 5 nitrogen and oxygen atoms in total. The molecule has 1 saturated heterocycles. The third-order valence-electron chi connectivity index (χ3n) is 5.03. The van der Waals surface area contributed by atoms with Crippen molar-refractivity contribution in [3.05, 3.63) is 22.8 Å². The molecule has 0 unspecified atom stereocenters. The van der Waals surface area contributed by atoms with Crippen LogP contribution in [-0.4, -0.2) is 36.8 Å². The number of ether oxygens (including phenoxy) is 2. The molecule has 2 fully saturated rings. The summed E-state index contributed by atoms with van der Waals surface area (Å²) in [5.74, 6) is 1.55. The maximum atomic E-state index is 5.89. The zero-order chi connectivity index (χ0) is 14.3. The third-order valence-corrected chi connectivity index (χ3v) is 5.03. The van der Waals surface area contributed by atoms with Gasteiger partial charge in [-0.05, 0) is 12.8 Å². The van der Waals surface area contributed by atoms with Crippen LogP contribution >= 0.6 is 0 Å². The lowest BCUT2D eigenvalue weighted by atomic mass is 9.91. The molecule has 0 aromatic carbocycles. The molecular formula is C16H23N3O2. The summed E-state index contributed by atoms with van der Waals surface area (Å²) in [6, 6.07) is 0. The summed E-state index contributed by atoms with van der Waals surface area (Å²) < 4.78 is 11.4. The molecule has 1 aromatic rings. The Kier molecular flexibility index (Phi) is 3.44. The van der Waals surface area contributed by atoms with Crippen molar-refractivity contribution in [3.63, 3.8) is 0 Å². The molecule has 3 aliphatic rings. The topological polar surface area (TPSA) is 56.3 Å². The SMILES string of the molecule is COC1(c2nc3c(c(C4CC4)n2)CNCC3)CCOCC1. The van der Waals surface area contributed by atoms with Gasteiger partial charge in [-0.25, -0.2) is 9.97 Å². The van der Waals surface area contributed by atoms with E-state index in [9.17, 15) is 0 Å². The van der Waals surface area contributed by atoms with Crippen LogP contribution in [0.5, 0.6) is 0 Å². The minimum atomic E-state index is -0.345. The van der Waals surface area contributed by atoms with Crippen LogP contribution in [0.2, 0.25) is 0 Å². The summed E-state index contributed by atoms with van der Waals surface area (Å²) in [5, 5.41) is 3.46. The minimum absolute atomic E-state index is 0.345. The lowest BCUT2D eigenvalue weighted by Crippen LogP contribution is -2.39. The molecule has 21 heavy (non-hydrogen) atoms.